The molecule has 2 atom stereocenters. The predicted octanol–water partition coefficient (Wildman–Crippen LogP) is 3.41. The van der Waals surface area contributed by atoms with E-state index in [9.17, 15) is 24.2 Å². The van der Waals surface area contributed by atoms with Crippen LogP contribution in [-0.2, 0) is 4.79 Å². The van der Waals surface area contributed by atoms with Crippen LogP contribution in [0.5, 0.6) is 0 Å². The van der Waals surface area contributed by atoms with Crippen LogP contribution in [-0.4, -0.2) is 55.2 Å². The first kappa shape index (κ1) is 25.6. The highest BCUT2D eigenvalue weighted by molar-refractivity contribution is 5.95. The van der Waals surface area contributed by atoms with E-state index in [1.165, 1.54) is 22.9 Å². The number of halogens is 1. The SMILES string of the molecule is CC(C)c1c(C(=O)NC2CCCC2)nn(-c2ccc(F)cc2)c1/C=C/[C@H](O)C[C@@H](O)CC(=O)O. The number of amides is 1. The summed E-state index contributed by atoms with van der Waals surface area (Å²) in [5.41, 5.74) is 2.04. The Bertz CT molecular complexity index is 1030. The van der Waals surface area contributed by atoms with Gasteiger partial charge in [0.2, 0.25) is 0 Å². The zero-order chi connectivity index (χ0) is 24.8. The van der Waals surface area contributed by atoms with Gasteiger partial charge in [-0.15, -0.1) is 0 Å². The molecule has 1 fully saturated rings. The van der Waals surface area contributed by atoms with E-state index in [4.69, 9.17) is 5.11 Å². The van der Waals surface area contributed by atoms with E-state index in [2.05, 4.69) is 10.4 Å². The van der Waals surface area contributed by atoms with Crippen LogP contribution < -0.4 is 5.32 Å². The monoisotopic (exact) mass is 473 g/mol. The van der Waals surface area contributed by atoms with Crippen LogP contribution in [0.25, 0.3) is 11.8 Å². The summed E-state index contributed by atoms with van der Waals surface area (Å²) in [6.45, 7) is 3.87. The molecule has 184 valence electrons. The third-order valence-electron chi connectivity index (χ3n) is 5.91. The zero-order valence-corrected chi connectivity index (χ0v) is 19.4. The van der Waals surface area contributed by atoms with Crippen LogP contribution in [0.1, 0.15) is 80.0 Å². The molecule has 1 amide bonds. The maximum atomic E-state index is 13.5. The van der Waals surface area contributed by atoms with E-state index in [0.717, 1.165) is 25.7 Å². The molecule has 0 aliphatic heterocycles. The normalized spacial score (nSPS) is 16.3. The number of aliphatic hydroxyl groups excluding tert-OH is 2. The van der Waals surface area contributed by atoms with E-state index in [-0.39, 0.29) is 30.0 Å². The van der Waals surface area contributed by atoms with Gasteiger partial charge in [0, 0.05) is 18.0 Å². The minimum absolute atomic E-state index is 0.0899. The highest BCUT2D eigenvalue weighted by Gasteiger charge is 2.27. The van der Waals surface area contributed by atoms with E-state index >= 15 is 0 Å². The van der Waals surface area contributed by atoms with Gasteiger partial charge in [0.05, 0.1) is 30.0 Å². The molecule has 0 saturated heterocycles. The summed E-state index contributed by atoms with van der Waals surface area (Å²) in [4.78, 5) is 23.9. The molecular formula is C25H32FN3O5. The molecule has 1 aliphatic rings. The molecule has 1 aliphatic carbocycles. The first-order valence-corrected chi connectivity index (χ1v) is 11.6. The molecule has 1 heterocycles. The Hall–Kier alpha value is -3.04. The molecule has 0 spiro atoms. The molecule has 2 aromatic rings. The van der Waals surface area contributed by atoms with Crippen molar-refractivity contribution in [2.45, 2.75) is 76.5 Å². The number of carbonyl (C=O) groups excluding carboxylic acids is 1. The van der Waals surface area contributed by atoms with Crippen LogP contribution in [0.15, 0.2) is 30.3 Å². The van der Waals surface area contributed by atoms with Crippen molar-refractivity contribution in [1.29, 1.82) is 0 Å². The number of carbonyl (C=O) groups is 2. The summed E-state index contributed by atoms with van der Waals surface area (Å²) in [7, 11) is 0. The molecule has 34 heavy (non-hydrogen) atoms. The lowest BCUT2D eigenvalue weighted by atomic mass is 9.98. The fourth-order valence-electron chi connectivity index (χ4n) is 4.29. The fraction of sp³-hybridized carbons (Fsp3) is 0.480. The van der Waals surface area contributed by atoms with Gasteiger partial charge in [-0.25, -0.2) is 9.07 Å². The summed E-state index contributed by atoms with van der Waals surface area (Å²) < 4.78 is 15.1. The van der Waals surface area contributed by atoms with E-state index < -0.39 is 30.4 Å². The maximum absolute atomic E-state index is 13.5. The second-order valence-electron chi connectivity index (χ2n) is 9.06. The van der Waals surface area contributed by atoms with Crippen LogP contribution in [0.3, 0.4) is 0 Å². The Morgan fingerprint density at radius 2 is 1.85 bits per heavy atom. The Kier molecular flexibility index (Phi) is 8.57. The van der Waals surface area contributed by atoms with E-state index in [1.807, 2.05) is 13.8 Å². The minimum atomic E-state index is -1.20. The number of carboxylic acid groups (broad SMARTS) is 1. The Morgan fingerprint density at radius 3 is 2.44 bits per heavy atom. The summed E-state index contributed by atoms with van der Waals surface area (Å²) in [5.74, 6) is -1.92. The maximum Gasteiger partial charge on any atom is 0.305 e. The van der Waals surface area contributed by atoms with Gasteiger partial charge in [-0.3, -0.25) is 9.59 Å². The van der Waals surface area contributed by atoms with Gasteiger partial charge in [-0.05, 0) is 49.1 Å². The van der Waals surface area contributed by atoms with Crippen molar-refractivity contribution in [2.24, 2.45) is 0 Å². The van der Waals surface area contributed by atoms with Gasteiger partial charge in [-0.1, -0.05) is 32.8 Å². The van der Waals surface area contributed by atoms with E-state index in [1.54, 1.807) is 18.2 Å². The van der Waals surface area contributed by atoms with Gasteiger partial charge in [0.25, 0.3) is 5.91 Å². The number of rotatable bonds is 10. The van der Waals surface area contributed by atoms with Crippen LogP contribution in [0.4, 0.5) is 4.39 Å². The summed E-state index contributed by atoms with van der Waals surface area (Å²) in [6, 6.07) is 5.81. The van der Waals surface area contributed by atoms with Crippen LogP contribution >= 0.6 is 0 Å². The number of benzene rings is 1. The molecule has 3 rings (SSSR count). The minimum Gasteiger partial charge on any atom is -0.481 e. The standard InChI is InChI=1S/C25H32FN3O5/c1-15(2)23-21(12-11-19(30)13-20(31)14-22(32)33)29(18-9-7-16(26)8-10-18)28-24(23)25(34)27-17-5-3-4-6-17/h7-12,15,17,19-20,30-31H,3-6,13-14H2,1-2H3,(H,27,34)(H,32,33)/b12-11+/t19-,20+/m0/s1. The van der Waals surface area contributed by atoms with Crippen molar-refractivity contribution in [1.82, 2.24) is 15.1 Å². The van der Waals surface area contributed by atoms with Crippen LogP contribution in [0.2, 0.25) is 0 Å². The molecule has 4 N–H and O–H groups in total. The van der Waals surface area contributed by atoms with Gasteiger partial charge in [-0.2, -0.15) is 5.10 Å². The number of hydrogen-bond donors (Lipinski definition) is 4. The highest BCUT2D eigenvalue weighted by atomic mass is 19.1. The van der Waals surface area contributed by atoms with Crippen LogP contribution in [0, 0.1) is 5.82 Å². The summed E-state index contributed by atoms with van der Waals surface area (Å²) >= 11 is 0. The molecule has 1 aromatic heterocycles. The second-order valence-corrected chi connectivity index (χ2v) is 9.06. The number of nitrogens with zero attached hydrogens (tertiary/aromatic N) is 2. The third kappa shape index (κ3) is 6.51. The molecule has 1 saturated carbocycles. The van der Waals surface area contributed by atoms with Crippen molar-refractivity contribution in [3.8, 4) is 5.69 Å². The molecular weight excluding hydrogens is 441 g/mol. The van der Waals surface area contributed by atoms with Gasteiger partial charge < -0.3 is 20.6 Å². The number of aliphatic hydroxyl groups is 2. The van der Waals surface area contributed by atoms with Crippen molar-refractivity contribution in [3.63, 3.8) is 0 Å². The first-order chi connectivity index (χ1) is 16.2. The average molecular weight is 474 g/mol. The van der Waals surface area contributed by atoms with Crippen molar-refractivity contribution in [3.05, 3.63) is 53.1 Å². The Labute approximate surface area is 198 Å². The highest BCUT2D eigenvalue weighted by Crippen LogP contribution is 2.29. The number of carboxylic acids is 1. The largest absolute Gasteiger partial charge is 0.481 e. The lowest BCUT2D eigenvalue weighted by Gasteiger charge is -2.13. The van der Waals surface area contributed by atoms with Crippen molar-refractivity contribution in [2.75, 3.05) is 0 Å². The van der Waals surface area contributed by atoms with Gasteiger partial charge in [0.15, 0.2) is 5.69 Å². The zero-order valence-electron chi connectivity index (χ0n) is 19.4. The number of aromatic nitrogens is 2. The number of hydrogen-bond acceptors (Lipinski definition) is 5. The number of aliphatic carboxylic acids is 1. The fourth-order valence-corrected chi connectivity index (χ4v) is 4.29. The summed E-state index contributed by atoms with van der Waals surface area (Å²) in [6.07, 6.45) is 4.12. The quantitative estimate of drug-likeness (QED) is 0.419. The Morgan fingerprint density at radius 1 is 1.21 bits per heavy atom. The second kappa shape index (κ2) is 11.4. The molecule has 0 bridgehead atoms. The molecule has 0 radical (unpaired) electrons. The average Bonchev–Trinajstić information content (AvgIpc) is 3.39. The summed E-state index contributed by atoms with van der Waals surface area (Å²) in [5, 5.41) is 36.6. The molecule has 0 unspecified atom stereocenters. The lowest BCUT2D eigenvalue weighted by molar-refractivity contribution is -0.139. The van der Waals surface area contributed by atoms with E-state index in [0.29, 0.717) is 16.9 Å². The third-order valence-corrected chi connectivity index (χ3v) is 5.91. The van der Waals surface area contributed by atoms with Gasteiger partial charge in [0.1, 0.15) is 5.82 Å². The van der Waals surface area contributed by atoms with Crippen molar-refractivity contribution < 1.29 is 29.3 Å². The molecule has 9 heteroatoms. The van der Waals surface area contributed by atoms with Gasteiger partial charge >= 0.3 is 5.97 Å². The number of nitrogens with one attached hydrogen (secondary N) is 1. The topological polar surface area (TPSA) is 125 Å². The molecule has 8 nitrogen and oxygen atoms in total. The smallest absolute Gasteiger partial charge is 0.305 e. The first-order valence-electron chi connectivity index (χ1n) is 11.6. The lowest BCUT2D eigenvalue weighted by Crippen LogP contribution is -2.33. The van der Waals surface area contributed by atoms with Crippen molar-refractivity contribution >= 4 is 18.0 Å². The molecule has 1 aromatic carbocycles. The Balaban J connectivity index is 1.98. The predicted molar refractivity (Wildman–Crippen MR) is 125 cm³/mol.